The Morgan fingerprint density at radius 2 is 1.55 bits per heavy atom. The SMILES string of the molecule is CCOC(=O)c1cc(NS(=O)(=O)c2cccc([N+](=O)[O-])c2)cc(C(=O)OCC)c1. The van der Waals surface area contributed by atoms with Crippen molar-refractivity contribution in [2.75, 3.05) is 17.9 Å². The molecule has 0 radical (unpaired) electrons. The minimum absolute atomic E-state index is 0.0610. The third kappa shape index (κ3) is 5.51. The summed E-state index contributed by atoms with van der Waals surface area (Å²) in [7, 11) is -4.24. The van der Waals surface area contributed by atoms with Crippen molar-refractivity contribution in [3.05, 3.63) is 63.7 Å². The lowest BCUT2D eigenvalue weighted by atomic mass is 10.1. The van der Waals surface area contributed by atoms with Gasteiger partial charge in [0, 0.05) is 12.1 Å². The molecule has 0 bridgehead atoms. The predicted octanol–water partition coefficient (Wildman–Crippen LogP) is 2.75. The Labute approximate surface area is 166 Å². The van der Waals surface area contributed by atoms with Gasteiger partial charge in [0.1, 0.15) is 0 Å². The molecule has 0 saturated carbocycles. The van der Waals surface area contributed by atoms with Crippen LogP contribution in [0.4, 0.5) is 11.4 Å². The van der Waals surface area contributed by atoms with Crippen LogP contribution in [0.5, 0.6) is 0 Å². The lowest BCUT2D eigenvalue weighted by molar-refractivity contribution is -0.385. The van der Waals surface area contributed by atoms with Crippen LogP contribution in [0, 0.1) is 10.1 Å². The van der Waals surface area contributed by atoms with Crippen molar-refractivity contribution >= 4 is 33.3 Å². The minimum atomic E-state index is -4.24. The van der Waals surface area contributed by atoms with Gasteiger partial charge in [-0.1, -0.05) is 6.07 Å². The molecule has 0 unspecified atom stereocenters. The summed E-state index contributed by atoms with van der Waals surface area (Å²) in [6, 6.07) is 8.05. The van der Waals surface area contributed by atoms with E-state index in [0.717, 1.165) is 12.1 Å². The third-order valence-corrected chi connectivity index (χ3v) is 4.93. The van der Waals surface area contributed by atoms with E-state index >= 15 is 0 Å². The van der Waals surface area contributed by atoms with E-state index in [1.807, 2.05) is 0 Å². The molecule has 0 saturated heterocycles. The van der Waals surface area contributed by atoms with E-state index in [9.17, 15) is 28.1 Å². The number of carbonyl (C=O) groups is 2. The first-order valence-corrected chi connectivity index (χ1v) is 9.92. The number of rotatable bonds is 8. The number of nitro groups is 1. The molecule has 0 fully saturated rings. The highest BCUT2D eigenvalue weighted by Crippen LogP contribution is 2.23. The van der Waals surface area contributed by atoms with Crippen molar-refractivity contribution in [3.63, 3.8) is 0 Å². The molecule has 2 aromatic carbocycles. The zero-order valence-corrected chi connectivity index (χ0v) is 16.4. The Hall–Kier alpha value is -3.47. The topological polar surface area (TPSA) is 142 Å². The molecule has 154 valence electrons. The highest BCUT2D eigenvalue weighted by molar-refractivity contribution is 7.92. The van der Waals surface area contributed by atoms with Gasteiger partial charge in [-0.2, -0.15) is 0 Å². The Bertz CT molecular complexity index is 1010. The Balaban J connectivity index is 2.46. The van der Waals surface area contributed by atoms with E-state index in [4.69, 9.17) is 9.47 Å². The average Bonchev–Trinajstić information content (AvgIpc) is 2.68. The molecule has 0 aliphatic rings. The maximum atomic E-state index is 12.6. The van der Waals surface area contributed by atoms with Crippen molar-refractivity contribution in [1.82, 2.24) is 0 Å². The molecule has 1 N–H and O–H groups in total. The molecule has 2 rings (SSSR count). The molecule has 0 heterocycles. The van der Waals surface area contributed by atoms with Crippen molar-refractivity contribution in [2.45, 2.75) is 18.7 Å². The van der Waals surface area contributed by atoms with Crippen LogP contribution in [0.15, 0.2) is 47.4 Å². The number of hydrogen-bond donors (Lipinski definition) is 1. The van der Waals surface area contributed by atoms with Crippen molar-refractivity contribution in [2.24, 2.45) is 0 Å². The van der Waals surface area contributed by atoms with E-state index in [-0.39, 0.29) is 34.9 Å². The molecule has 11 heteroatoms. The van der Waals surface area contributed by atoms with Gasteiger partial charge in [-0.3, -0.25) is 14.8 Å². The zero-order valence-electron chi connectivity index (χ0n) is 15.6. The van der Waals surface area contributed by atoms with Crippen molar-refractivity contribution in [3.8, 4) is 0 Å². The van der Waals surface area contributed by atoms with Crippen LogP contribution in [0.3, 0.4) is 0 Å². The summed E-state index contributed by atoms with van der Waals surface area (Å²) >= 11 is 0. The van der Waals surface area contributed by atoms with Crippen LogP contribution < -0.4 is 4.72 Å². The maximum absolute atomic E-state index is 12.6. The number of anilines is 1. The zero-order chi connectivity index (χ0) is 21.6. The summed E-state index contributed by atoms with van der Waals surface area (Å²) < 4.78 is 37.2. The number of sulfonamides is 1. The Kier molecular flexibility index (Phi) is 6.89. The lowest BCUT2D eigenvalue weighted by Crippen LogP contribution is -2.15. The molecule has 29 heavy (non-hydrogen) atoms. The van der Waals surface area contributed by atoms with E-state index in [1.54, 1.807) is 13.8 Å². The second-order valence-corrected chi connectivity index (χ2v) is 7.28. The quantitative estimate of drug-likeness (QED) is 0.389. The first-order chi connectivity index (χ1) is 13.7. The van der Waals surface area contributed by atoms with Gasteiger partial charge in [-0.15, -0.1) is 0 Å². The van der Waals surface area contributed by atoms with Crippen LogP contribution in [0.1, 0.15) is 34.6 Å². The van der Waals surface area contributed by atoms with Gasteiger partial charge in [-0.05, 0) is 38.1 Å². The molecule has 0 atom stereocenters. The maximum Gasteiger partial charge on any atom is 0.338 e. The number of nitrogens with one attached hydrogen (secondary N) is 1. The second-order valence-electron chi connectivity index (χ2n) is 5.60. The predicted molar refractivity (Wildman–Crippen MR) is 102 cm³/mol. The number of benzene rings is 2. The minimum Gasteiger partial charge on any atom is -0.462 e. The van der Waals surface area contributed by atoms with Crippen LogP contribution >= 0.6 is 0 Å². The largest absolute Gasteiger partial charge is 0.462 e. The molecule has 2 aromatic rings. The number of ether oxygens (including phenoxy) is 2. The first kappa shape index (κ1) is 21.8. The van der Waals surface area contributed by atoms with Gasteiger partial charge in [0.05, 0.1) is 39.8 Å². The first-order valence-electron chi connectivity index (χ1n) is 8.44. The molecular formula is C18H18N2O8S. The second kappa shape index (κ2) is 9.15. The van der Waals surface area contributed by atoms with Crippen LogP contribution in [-0.4, -0.2) is 38.5 Å². The van der Waals surface area contributed by atoms with Gasteiger partial charge in [0.15, 0.2) is 0 Å². The molecule has 10 nitrogen and oxygen atoms in total. The Morgan fingerprint density at radius 3 is 2.03 bits per heavy atom. The highest BCUT2D eigenvalue weighted by atomic mass is 32.2. The number of esters is 2. The molecule has 0 amide bonds. The van der Waals surface area contributed by atoms with E-state index in [0.29, 0.717) is 0 Å². The summed E-state index contributed by atoms with van der Waals surface area (Å²) in [6.45, 7) is 3.35. The summed E-state index contributed by atoms with van der Waals surface area (Å²) in [4.78, 5) is 33.9. The lowest BCUT2D eigenvalue weighted by Gasteiger charge is -2.12. The monoisotopic (exact) mass is 422 g/mol. The van der Waals surface area contributed by atoms with Crippen LogP contribution in [0.2, 0.25) is 0 Å². The molecule has 0 spiro atoms. The van der Waals surface area contributed by atoms with Gasteiger partial charge in [0.25, 0.3) is 15.7 Å². The molecule has 0 aliphatic carbocycles. The number of non-ortho nitro benzene ring substituents is 1. The number of nitro benzene ring substituents is 1. The van der Waals surface area contributed by atoms with E-state index in [2.05, 4.69) is 4.72 Å². The Morgan fingerprint density at radius 1 is 1.00 bits per heavy atom. The number of hydrogen-bond acceptors (Lipinski definition) is 8. The smallest absolute Gasteiger partial charge is 0.338 e. The van der Waals surface area contributed by atoms with Gasteiger partial charge in [-0.25, -0.2) is 18.0 Å². The average molecular weight is 422 g/mol. The number of nitrogens with zero attached hydrogens (tertiary/aromatic N) is 1. The fourth-order valence-corrected chi connectivity index (χ4v) is 3.41. The van der Waals surface area contributed by atoms with Gasteiger partial charge in [0.2, 0.25) is 0 Å². The molecule has 0 aromatic heterocycles. The van der Waals surface area contributed by atoms with Crippen molar-refractivity contribution in [1.29, 1.82) is 0 Å². The van der Waals surface area contributed by atoms with Gasteiger partial charge < -0.3 is 9.47 Å². The normalized spacial score (nSPS) is 10.8. The fourth-order valence-electron chi connectivity index (χ4n) is 2.33. The summed E-state index contributed by atoms with van der Waals surface area (Å²) in [5.74, 6) is -1.51. The fraction of sp³-hybridized carbons (Fsp3) is 0.222. The van der Waals surface area contributed by atoms with Gasteiger partial charge >= 0.3 is 11.9 Å². The highest BCUT2D eigenvalue weighted by Gasteiger charge is 2.21. The molecule has 0 aliphatic heterocycles. The molecular weight excluding hydrogens is 404 g/mol. The van der Waals surface area contributed by atoms with E-state index < -0.39 is 32.6 Å². The summed E-state index contributed by atoms with van der Waals surface area (Å²) in [5.41, 5.74) is -0.631. The number of carbonyl (C=O) groups excluding carboxylic acids is 2. The van der Waals surface area contributed by atoms with E-state index in [1.165, 1.54) is 30.3 Å². The third-order valence-electron chi connectivity index (χ3n) is 3.55. The van der Waals surface area contributed by atoms with Crippen LogP contribution in [-0.2, 0) is 19.5 Å². The van der Waals surface area contributed by atoms with Crippen molar-refractivity contribution < 1.29 is 32.4 Å². The van der Waals surface area contributed by atoms with Crippen LogP contribution in [0.25, 0.3) is 0 Å². The summed E-state index contributed by atoms with van der Waals surface area (Å²) in [6.07, 6.45) is 0. The standard InChI is InChI=1S/C18H18N2O8S/c1-3-27-17(21)12-8-13(18(22)28-4-2)10-14(9-12)19-29(25,26)16-7-5-6-15(11-16)20(23)24/h5-11,19H,3-4H2,1-2H3. The summed E-state index contributed by atoms with van der Waals surface area (Å²) in [5, 5.41) is 10.9.